The summed E-state index contributed by atoms with van der Waals surface area (Å²) < 4.78 is 2.65. The summed E-state index contributed by atoms with van der Waals surface area (Å²) in [5.74, 6) is 1.55. The Balaban J connectivity index is 2.66. The summed E-state index contributed by atoms with van der Waals surface area (Å²) in [5, 5.41) is 3.14. The summed E-state index contributed by atoms with van der Waals surface area (Å²) in [5.41, 5.74) is 0.992. The number of rotatable bonds is 2. The number of aromatic nitrogens is 2. The molecule has 3 nitrogen and oxygen atoms in total. The first-order valence-electron chi connectivity index (χ1n) is 5.95. The molecule has 0 unspecified atom stereocenters. The smallest absolute Gasteiger partial charge is 0.172 e. The van der Waals surface area contributed by atoms with Crippen molar-refractivity contribution in [1.29, 1.82) is 0 Å². The van der Waals surface area contributed by atoms with E-state index in [4.69, 9.17) is 16.6 Å². The average Bonchev–Trinajstić information content (AvgIpc) is 2.68. The van der Waals surface area contributed by atoms with E-state index in [-0.39, 0.29) is 5.41 Å². The van der Waals surface area contributed by atoms with E-state index < -0.39 is 0 Å². The molecule has 20 heavy (non-hydrogen) atoms. The minimum Gasteiger partial charge on any atom is -0.372 e. The lowest BCUT2D eigenvalue weighted by Crippen LogP contribution is -2.18. The molecule has 0 atom stereocenters. The first-order valence-corrected chi connectivity index (χ1v) is 9.01. The van der Waals surface area contributed by atoms with Gasteiger partial charge in [0.15, 0.2) is 5.82 Å². The molecule has 0 fully saturated rings. The molecule has 0 saturated carbocycles. The van der Waals surface area contributed by atoms with Gasteiger partial charge in [-0.1, -0.05) is 32.4 Å². The molecular weight excluding hydrogens is 472 g/mol. The predicted octanol–water partition coefficient (Wildman–Crippen LogP) is 5.56. The zero-order valence-electron chi connectivity index (χ0n) is 11.5. The summed E-state index contributed by atoms with van der Waals surface area (Å²) in [6.07, 6.45) is 0. The van der Waals surface area contributed by atoms with Gasteiger partial charge in [-0.3, -0.25) is 0 Å². The first kappa shape index (κ1) is 16.5. The maximum Gasteiger partial charge on any atom is 0.172 e. The standard InChI is InChI=1S/C13H14BrClIN3S/c1-13(2,3)9-8(16)12(17-4)19-11(18-9)7-5-6(14)10(15)20-7/h5H,1-4H3,(H,17,18,19). The third-order valence-electron chi connectivity index (χ3n) is 2.66. The van der Waals surface area contributed by atoms with Crippen LogP contribution in [0.5, 0.6) is 0 Å². The average molecular weight is 487 g/mol. The lowest BCUT2D eigenvalue weighted by molar-refractivity contribution is 0.564. The summed E-state index contributed by atoms with van der Waals surface area (Å²) >= 11 is 13.3. The Kier molecular flexibility index (Phi) is 4.98. The van der Waals surface area contributed by atoms with Crippen molar-refractivity contribution >= 4 is 67.3 Å². The van der Waals surface area contributed by atoms with Crippen LogP contribution >= 0.6 is 61.5 Å². The first-order chi connectivity index (χ1) is 9.24. The topological polar surface area (TPSA) is 37.8 Å². The molecule has 7 heteroatoms. The molecule has 2 heterocycles. The largest absolute Gasteiger partial charge is 0.372 e. The van der Waals surface area contributed by atoms with Crippen LogP contribution in [0.4, 0.5) is 5.82 Å². The van der Waals surface area contributed by atoms with E-state index in [0.29, 0.717) is 10.2 Å². The van der Waals surface area contributed by atoms with Crippen LogP contribution in [0.25, 0.3) is 10.7 Å². The highest BCUT2D eigenvalue weighted by Gasteiger charge is 2.24. The second kappa shape index (κ2) is 6.06. The van der Waals surface area contributed by atoms with E-state index >= 15 is 0 Å². The highest BCUT2D eigenvalue weighted by molar-refractivity contribution is 14.1. The van der Waals surface area contributed by atoms with Gasteiger partial charge in [0, 0.05) is 16.9 Å². The van der Waals surface area contributed by atoms with Crippen molar-refractivity contribution in [2.45, 2.75) is 26.2 Å². The second-order valence-corrected chi connectivity index (χ2v) is 8.88. The number of nitrogens with zero attached hydrogens (tertiary/aromatic N) is 2. The molecule has 2 aromatic heterocycles. The number of hydrogen-bond acceptors (Lipinski definition) is 4. The molecule has 0 aliphatic rings. The van der Waals surface area contributed by atoms with Gasteiger partial charge in [0.1, 0.15) is 10.2 Å². The number of thiophene rings is 1. The third-order valence-corrected chi connectivity index (χ3v) is 6.16. The number of anilines is 1. The normalized spacial score (nSPS) is 11.8. The van der Waals surface area contributed by atoms with E-state index in [9.17, 15) is 0 Å². The highest BCUT2D eigenvalue weighted by atomic mass is 127. The maximum atomic E-state index is 6.11. The molecular formula is C13H14BrClIN3S. The van der Waals surface area contributed by atoms with Crippen LogP contribution in [0.3, 0.4) is 0 Å². The number of hydrogen-bond donors (Lipinski definition) is 1. The fourth-order valence-electron chi connectivity index (χ4n) is 1.68. The quantitative estimate of drug-likeness (QED) is 0.565. The van der Waals surface area contributed by atoms with Crippen molar-refractivity contribution in [3.8, 4) is 10.7 Å². The lowest BCUT2D eigenvalue weighted by atomic mass is 9.92. The van der Waals surface area contributed by atoms with Crippen LogP contribution in [0.2, 0.25) is 4.34 Å². The molecule has 0 spiro atoms. The van der Waals surface area contributed by atoms with Gasteiger partial charge in [-0.2, -0.15) is 0 Å². The van der Waals surface area contributed by atoms with Crippen molar-refractivity contribution in [2.24, 2.45) is 0 Å². The minimum atomic E-state index is -0.0436. The van der Waals surface area contributed by atoms with Crippen molar-refractivity contribution < 1.29 is 0 Å². The Labute approximate surface area is 149 Å². The van der Waals surface area contributed by atoms with Gasteiger partial charge in [0.25, 0.3) is 0 Å². The summed E-state index contributed by atoms with van der Waals surface area (Å²) in [4.78, 5) is 10.3. The molecule has 0 saturated heterocycles. The molecule has 1 N–H and O–H groups in total. The maximum absolute atomic E-state index is 6.11. The van der Waals surface area contributed by atoms with Crippen molar-refractivity contribution in [3.63, 3.8) is 0 Å². The van der Waals surface area contributed by atoms with Gasteiger partial charge in [0.05, 0.1) is 14.1 Å². The lowest BCUT2D eigenvalue weighted by Gasteiger charge is -2.21. The summed E-state index contributed by atoms with van der Waals surface area (Å²) in [6.45, 7) is 6.45. The molecule has 0 aliphatic heterocycles. The van der Waals surface area contributed by atoms with Gasteiger partial charge in [-0.15, -0.1) is 11.3 Å². The fourth-order valence-corrected chi connectivity index (χ4v) is 4.63. The van der Waals surface area contributed by atoms with Gasteiger partial charge < -0.3 is 5.32 Å². The van der Waals surface area contributed by atoms with Crippen molar-refractivity contribution in [2.75, 3.05) is 12.4 Å². The molecule has 108 valence electrons. The summed E-state index contributed by atoms with van der Waals surface area (Å²) in [7, 11) is 1.87. The molecule has 0 amide bonds. The Bertz CT molecular complexity index is 632. The Morgan fingerprint density at radius 1 is 1.35 bits per heavy atom. The van der Waals surface area contributed by atoms with Crippen LogP contribution in [0.15, 0.2) is 10.5 Å². The number of halogens is 3. The molecule has 2 rings (SSSR count). The number of nitrogens with one attached hydrogen (secondary N) is 1. The van der Waals surface area contributed by atoms with E-state index in [2.05, 4.69) is 69.6 Å². The van der Waals surface area contributed by atoms with Gasteiger partial charge in [-0.25, -0.2) is 9.97 Å². The Morgan fingerprint density at radius 3 is 2.45 bits per heavy atom. The molecule has 0 aliphatic carbocycles. The zero-order chi connectivity index (χ0) is 15.1. The van der Waals surface area contributed by atoms with Gasteiger partial charge in [0.2, 0.25) is 0 Å². The van der Waals surface area contributed by atoms with E-state index in [1.165, 1.54) is 11.3 Å². The van der Waals surface area contributed by atoms with Crippen LogP contribution in [-0.2, 0) is 5.41 Å². The SMILES string of the molecule is CNc1nc(-c2cc(Br)c(Cl)s2)nc(C(C)(C)C)c1I. The van der Waals surface area contributed by atoms with E-state index in [1.54, 1.807) is 0 Å². The van der Waals surface area contributed by atoms with Crippen LogP contribution < -0.4 is 5.32 Å². The Hall–Kier alpha value is 0.0800. The summed E-state index contributed by atoms with van der Waals surface area (Å²) in [6, 6.07) is 1.96. The van der Waals surface area contributed by atoms with Gasteiger partial charge >= 0.3 is 0 Å². The third kappa shape index (κ3) is 3.28. The van der Waals surface area contributed by atoms with Crippen LogP contribution in [0, 0.1) is 3.57 Å². The minimum absolute atomic E-state index is 0.0436. The fraction of sp³-hybridized carbons (Fsp3) is 0.385. The highest BCUT2D eigenvalue weighted by Crippen LogP contribution is 2.38. The molecule has 2 aromatic rings. The van der Waals surface area contributed by atoms with Crippen LogP contribution in [-0.4, -0.2) is 17.0 Å². The van der Waals surface area contributed by atoms with Crippen molar-refractivity contribution in [1.82, 2.24) is 9.97 Å². The zero-order valence-corrected chi connectivity index (χ0v) is 16.8. The molecule has 0 radical (unpaired) electrons. The Morgan fingerprint density at radius 2 is 2.00 bits per heavy atom. The van der Waals surface area contributed by atoms with Gasteiger partial charge in [-0.05, 0) is 44.6 Å². The van der Waals surface area contributed by atoms with E-state index in [0.717, 1.165) is 24.4 Å². The van der Waals surface area contributed by atoms with E-state index in [1.807, 2.05) is 13.1 Å². The molecule has 0 bridgehead atoms. The second-order valence-electron chi connectivity index (χ2n) is 5.29. The van der Waals surface area contributed by atoms with Crippen molar-refractivity contribution in [3.05, 3.63) is 24.1 Å². The van der Waals surface area contributed by atoms with Crippen LogP contribution in [0.1, 0.15) is 26.5 Å². The monoisotopic (exact) mass is 485 g/mol. The molecule has 0 aromatic carbocycles. The predicted molar refractivity (Wildman–Crippen MR) is 99.0 cm³/mol.